The van der Waals surface area contributed by atoms with Gasteiger partial charge in [-0.15, -0.1) is 5.10 Å². The van der Waals surface area contributed by atoms with E-state index in [4.69, 9.17) is 0 Å². The van der Waals surface area contributed by atoms with Crippen LogP contribution < -0.4 is 5.32 Å². The monoisotopic (exact) mass is 277 g/mol. The largest absolute Gasteiger partial charge is 0.312 e. The Morgan fingerprint density at radius 3 is 3.00 bits per heavy atom. The number of rotatable bonds is 5. The van der Waals surface area contributed by atoms with Crippen molar-refractivity contribution < 1.29 is 8.42 Å². The van der Waals surface area contributed by atoms with Crippen LogP contribution >= 0.6 is 11.8 Å². The minimum absolute atomic E-state index is 0.109. The first-order valence-corrected chi connectivity index (χ1v) is 8.16. The van der Waals surface area contributed by atoms with Crippen molar-refractivity contribution in [3.63, 3.8) is 0 Å². The lowest BCUT2D eigenvalue weighted by Crippen LogP contribution is -2.31. The van der Waals surface area contributed by atoms with E-state index < -0.39 is 9.84 Å². The second-order valence-corrected chi connectivity index (χ2v) is 7.28. The average molecular weight is 277 g/mol. The minimum Gasteiger partial charge on any atom is -0.312 e. The van der Waals surface area contributed by atoms with Crippen molar-refractivity contribution in [3.8, 4) is 0 Å². The summed E-state index contributed by atoms with van der Waals surface area (Å²) in [5, 5.41) is 15.1. The zero-order valence-electron chi connectivity index (χ0n) is 9.53. The summed E-state index contributed by atoms with van der Waals surface area (Å²) in [5.41, 5.74) is 0. The van der Waals surface area contributed by atoms with Gasteiger partial charge < -0.3 is 5.32 Å². The Morgan fingerprint density at radius 2 is 2.41 bits per heavy atom. The van der Waals surface area contributed by atoms with Gasteiger partial charge in [0.25, 0.3) is 0 Å². The van der Waals surface area contributed by atoms with E-state index in [-0.39, 0.29) is 11.8 Å². The van der Waals surface area contributed by atoms with E-state index in [0.29, 0.717) is 5.75 Å². The van der Waals surface area contributed by atoms with Gasteiger partial charge in [0.15, 0.2) is 9.84 Å². The molecular weight excluding hydrogens is 262 g/mol. The quantitative estimate of drug-likeness (QED) is 0.550. The van der Waals surface area contributed by atoms with Gasteiger partial charge >= 0.3 is 0 Å². The first kappa shape index (κ1) is 12.8. The number of sulfone groups is 1. The smallest absolute Gasteiger partial charge is 0.209 e. The number of hydrogen-bond donors (Lipinski definition) is 1. The van der Waals surface area contributed by atoms with E-state index in [1.54, 1.807) is 23.5 Å². The fraction of sp³-hybridized carbons (Fsp3) is 0.875. The molecule has 0 aromatic carbocycles. The maximum atomic E-state index is 11.2. The SMILES string of the molecule is Cn1nnnc1SCCNC1CCS(=O)(=O)C1. The molecule has 0 spiro atoms. The van der Waals surface area contributed by atoms with Crippen molar-refractivity contribution in [2.75, 3.05) is 23.8 Å². The maximum Gasteiger partial charge on any atom is 0.209 e. The number of nitrogens with zero attached hydrogens (tertiary/aromatic N) is 4. The molecule has 1 aromatic heterocycles. The summed E-state index contributed by atoms with van der Waals surface area (Å²) >= 11 is 1.55. The number of thioether (sulfide) groups is 1. The van der Waals surface area contributed by atoms with Crippen LogP contribution in [0.1, 0.15) is 6.42 Å². The maximum absolute atomic E-state index is 11.2. The molecule has 1 saturated heterocycles. The lowest BCUT2D eigenvalue weighted by Gasteiger charge is -2.09. The van der Waals surface area contributed by atoms with Gasteiger partial charge in [-0.3, -0.25) is 0 Å². The van der Waals surface area contributed by atoms with Crippen LogP contribution in [0.25, 0.3) is 0 Å². The van der Waals surface area contributed by atoms with Crippen molar-refractivity contribution in [2.45, 2.75) is 17.6 Å². The average Bonchev–Trinajstić information content (AvgIpc) is 2.80. The standard InChI is InChI=1S/C8H15N5O2S2/c1-13-8(10-11-12-13)16-4-3-9-7-2-5-17(14,15)6-7/h7,9H,2-6H2,1H3. The highest BCUT2D eigenvalue weighted by Crippen LogP contribution is 2.13. The van der Waals surface area contributed by atoms with Crippen LogP contribution in [0, 0.1) is 0 Å². The molecule has 1 aromatic rings. The molecular formula is C8H15N5O2S2. The molecule has 0 aliphatic carbocycles. The summed E-state index contributed by atoms with van der Waals surface area (Å²) < 4.78 is 24.1. The van der Waals surface area contributed by atoms with Crippen LogP contribution in [-0.2, 0) is 16.9 Å². The van der Waals surface area contributed by atoms with Gasteiger partial charge in [0.1, 0.15) is 0 Å². The molecule has 2 heterocycles. The summed E-state index contributed by atoms with van der Waals surface area (Å²) in [6.07, 6.45) is 0.721. The molecule has 2 rings (SSSR count). The van der Waals surface area contributed by atoms with E-state index in [1.807, 2.05) is 0 Å². The predicted octanol–water partition coefficient (Wildman–Crippen LogP) is -0.921. The first-order valence-electron chi connectivity index (χ1n) is 5.36. The van der Waals surface area contributed by atoms with Crippen molar-refractivity contribution in [2.24, 2.45) is 7.05 Å². The van der Waals surface area contributed by atoms with E-state index in [0.717, 1.165) is 23.9 Å². The molecule has 1 atom stereocenters. The van der Waals surface area contributed by atoms with Crippen LogP contribution in [0.3, 0.4) is 0 Å². The van der Waals surface area contributed by atoms with E-state index in [1.165, 1.54) is 0 Å². The number of nitrogens with one attached hydrogen (secondary N) is 1. The van der Waals surface area contributed by atoms with Gasteiger partial charge in [-0.25, -0.2) is 13.1 Å². The topological polar surface area (TPSA) is 89.8 Å². The molecule has 1 N–H and O–H groups in total. The fourth-order valence-corrected chi connectivity index (χ4v) is 4.13. The summed E-state index contributed by atoms with van der Waals surface area (Å²) in [6, 6.07) is 0.109. The van der Waals surface area contributed by atoms with Crippen molar-refractivity contribution in [1.29, 1.82) is 0 Å². The third-order valence-corrected chi connectivity index (χ3v) is 5.36. The van der Waals surface area contributed by atoms with Crippen molar-refractivity contribution in [3.05, 3.63) is 0 Å². The second-order valence-electron chi connectivity index (χ2n) is 3.99. The Bertz CT molecular complexity index is 472. The third kappa shape index (κ3) is 3.65. The van der Waals surface area contributed by atoms with Crippen LogP contribution in [-0.4, -0.2) is 58.5 Å². The Hall–Kier alpha value is -0.670. The van der Waals surface area contributed by atoms with E-state index >= 15 is 0 Å². The normalized spacial score (nSPS) is 23.0. The van der Waals surface area contributed by atoms with Gasteiger partial charge in [-0.05, 0) is 16.8 Å². The number of hydrogen-bond acceptors (Lipinski definition) is 7. The van der Waals surface area contributed by atoms with Crippen LogP contribution in [0.15, 0.2) is 5.16 Å². The highest BCUT2D eigenvalue weighted by atomic mass is 32.2. The van der Waals surface area contributed by atoms with Gasteiger partial charge in [-0.1, -0.05) is 11.8 Å². The second kappa shape index (κ2) is 5.32. The molecule has 17 heavy (non-hydrogen) atoms. The highest BCUT2D eigenvalue weighted by molar-refractivity contribution is 7.99. The van der Waals surface area contributed by atoms with Gasteiger partial charge in [0.05, 0.1) is 11.5 Å². The number of aromatic nitrogens is 4. The lowest BCUT2D eigenvalue weighted by atomic mass is 10.3. The van der Waals surface area contributed by atoms with Crippen LogP contribution in [0.2, 0.25) is 0 Å². The number of tetrazole rings is 1. The molecule has 1 unspecified atom stereocenters. The van der Waals surface area contributed by atoms with E-state index in [2.05, 4.69) is 20.8 Å². The fourth-order valence-electron chi connectivity index (χ4n) is 1.70. The zero-order chi connectivity index (χ0) is 12.3. The van der Waals surface area contributed by atoms with Crippen molar-refractivity contribution >= 4 is 21.6 Å². The molecule has 7 nitrogen and oxygen atoms in total. The molecule has 9 heteroatoms. The summed E-state index contributed by atoms with van der Waals surface area (Å²) in [5.74, 6) is 1.40. The predicted molar refractivity (Wildman–Crippen MR) is 64.6 cm³/mol. The minimum atomic E-state index is -2.79. The molecule has 0 radical (unpaired) electrons. The van der Waals surface area contributed by atoms with Crippen LogP contribution in [0.5, 0.6) is 0 Å². The van der Waals surface area contributed by atoms with Gasteiger partial charge in [0, 0.05) is 25.4 Å². The Labute approximate surface area is 104 Å². The molecule has 96 valence electrons. The third-order valence-electron chi connectivity index (χ3n) is 2.58. The molecule has 0 bridgehead atoms. The van der Waals surface area contributed by atoms with E-state index in [9.17, 15) is 8.42 Å². The van der Waals surface area contributed by atoms with Gasteiger partial charge in [-0.2, -0.15) is 0 Å². The number of aryl methyl sites for hydroxylation is 1. The van der Waals surface area contributed by atoms with Crippen molar-refractivity contribution in [1.82, 2.24) is 25.5 Å². The summed E-state index contributed by atoms with van der Waals surface area (Å²) in [6.45, 7) is 0.762. The van der Waals surface area contributed by atoms with Gasteiger partial charge in [0.2, 0.25) is 5.16 Å². The first-order chi connectivity index (χ1) is 8.07. The Balaban J connectivity index is 1.66. The van der Waals surface area contributed by atoms with Crippen LogP contribution in [0.4, 0.5) is 0 Å². The summed E-state index contributed by atoms with van der Waals surface area (Å²) in [4.78, 5) is 0. The molecule has 1 fully saturated rings. The molecule has 0 amide bonds. The summed E-state index contributed by atoms with van der Waals surface area (Å²) in [7, 11) is -0.997. The zero-order valence-corrected chi connectivity index (χ0v) is 11.2. The Kier molecular flexibility index (Phi) is 4.00. The molecule has 1 aliphatic heterocycles. The molecule has 1 aliphatic rings. The Morgan fingerprint density at radius 1 is 1.59 bits per heavy atom. The lowest BCUT2D eigenvalue weighted by molar-refractivity contribution is 0.574. The highest BCUT2D eigenvalue weighted by Gasteiger charge is 2.26. The molecule has 0 saturated carbocycles.